The van der Waals surface area contributed by atoms with E-state index in [0.717, 1.165) is 19.4 Å². The summed E-state index contributed by atoms with van der Waals surface area (Å²) < 4.78 is 0. The number of carbonyl (C=O) groups excluding carboxylic acids is 2. The minimum absolute atomic E-state index is 0.0305. The van der Waals surface area contributed by atoms with Gasteiger partial charge in [0.15, 0.2) is 0 Å². The third-order valence-corrected chi connectivity index (χ3v) is 4.10. The maximum atomic E-state index is 12.4. The molecule has 0 fully saturated rings. The van der Waals surface area contributed by atoms with Crippen molar-refractivity contribution in [3.05, 3.63) is 42.0 Å². The summed E-state index contributed by atoms with van der Waals surface area (Å²) in [6.07, 6.45) is 3.92. The van der Waals surface area contributed by atoms with Crippen molar-refractivity contribution in [3.63, 3.8) is 0 Å². The van der Waals surface area contributed by atoms with E-state index in [0.29, 0.717) is 13.1 Å². The lowest BCUT2D eigenvalue weighted by molar-refractivity contribution is -0.132. The molecule has 1 aromatic rings. The Morgan fingerprint density at radius 1 is 1.21 bits per heavy atom. The summed E-state index contributed by atoms with van der Waals surface area (Å²) in [7, 11) is 1.80. The number of hydrogen-bond acceptors (Lipinski definition) is 3. The van der Waals surface area contributed by atoms with Crippen LogP contribution in [0.5, 0.6) is 0 Å². The average Bonchev–Trinajstić information content (AvgIpc) is 2.60. The number of carbonyl (C=O) groups is 2. The summed E-state index contributed by atoms with van der Waals surface area (Å²) in [6, 6.07) is 10.3. The molecule has 5 heteroatoms. The molecule has 1 aliphatic heterocycles. The normalized spacial score (nSPS) is 14.5. The van der Waals surface area contributed by atoms with Crippen LogP contribution in [0.3, 0.4) is 0 Å². The van der Waals surface area contributed by atoms with Gasteiger partial charge in [0.25, 0.3) is 0 Å². The van der Waals surface area contributed by atoms with Crippen molar-refractivity contribution in [2.75, 3.05) is 39.8 Å². The van der Waals surface area contributed by atoms with Gasteiger partial charge in [-0.2, -0.15) is 0 Å². The first kappa shape index (κ1) is 18.2. The van der Waals surface area contributed by atoms with Crippen molar-refractivity contribution in [2.24, 2.45) is 0 Å². The summed E-state index contributed by atoms with van der Waals surface area (Å²) in [5.74, 6) is 0.0428. The predicted molar refractivity (Wildman–Crippen MR) is 96.4 cm³/mol. The zero-order chi connectivity index (χ0) is 17.4. The molecule has 24 heavy (non-hydrogen) atoms. The molecule has 2 amide bonds. The van der Waals surface area contributed by atoms with Crippen LogP contribution >= 0.6 is 0 Å². The Balaban J connectivity index is 1.80. The molecule has 5 nitrogen and oxygen atoms in total. The molecule has 0 aliphatic carbocycles. The van der Waals surface area contributed by atoms with E-state index in [1.807, 2.05) is 30.0 Å². The fourth-order valence-electron chi connectivity index (χ4n) is 2.76. The molecule has 1 N–H and O–H groups in total. The lowest BCUT2D eigenvalue weighted by atomic mass is 9.99. The van der Waals surface area contributed by atoms with Crippen molar-refractivity contribution in [2.45, 2.75) is 19.8 Å². The number of benzene rings is 1. The Hall–Kier alpha value is -2.14. The van der Waals surface area contributed by atoms with Crippen LogP contribution in [-0.2, 0) is 9.59 Å². The molecule has 1 aliphatic rings. The van der Waals surface area contributed by atoms with E-state index in [1.54, 1.807) is 11.9 Å². The van der Waals surface area contributed by atoms with Gasteiger partial charge in [0, 0.05) is 19.6 Å². The standard InChI is InChI=1S/C19H27N3O2/c1-3-11-20-18(23)14-21(2)15-19(24)22-12-9-17(10-13-22)16-7-5-4-6-8-16/h4-9H,3,10-15H2,1-2H3,(H,20,23). The SMILES string of the molecule is CCCNC(=O)CN(C)CC(=O)N1CC=C(c2ccccc2)CC1. The molecule has 0 unspecified atom stereocenters. The van der Waals surface area contributed by atoms with E-state index < -0.39 is 0 Å². The summed E-state index contributed by atoms with van der Waals surface area (Å²) in [6.45, 7) is 4.59. The number of likely N-dealkylation sites (N-methyl/N-ethyl adjacent to an activating group) is 1. The minimum Gasteiger partial charge on any atom is -0.355 e. The van der Waals surface area contributed by atoms with E-state index in [1.165, 1.54) is 11.1 Å². The summed E-state index contributed by atoms with van der Waals surface area (Å²) in [5, 5.41) is 2.82. The fourth-order valence-corrected chi connectivity index (χ4v) is 2.76. The monoisotopic (exact) mass is 329 g/mol. The highest BCUT2D eigenvalue weighted by Crippen LogP contribution is 2.21. The average molecular weight is 329 g/mol. The smallest absolute Gasteiger partial charge is 0.237 e. The summed E-state index contributed by atoms with van der Waals surface area (Å²) in [5.41, 5.74) is 2.53. The molecule has 0 atom stereocenters. The quantitative estimate of drug-likeness (QED) is 0.829. The molecule has 1 aromatic carbocycles. The molecule has 0 bridgehead atoms. The number of amides is 2. The number of nitrogens with zero attached hydrogens (tertiary/aromatic N) is 2. The van der Waals surface area contributed by atoms with Gasteiger partial charge in [0.2, 0.25) is 11.8 Å². The van der Waals surface area contributed by atoms with Crippen molar-refractivity contribution < 1.29 is 9.59 Å². The van der Waals surface area contributed by atoms with Crippen LogP contribution in [0, 0.1) is 0 Å². The van der Waals surface area contributed by atoms with Crippen LogP contribution in [0.4, 0.5) is 0 Å². The second kappa shape index (κ2) is 9.23. The van der Waals surface area contributed by atoms with Gasteiger partial charge < -0.3 is 10.2 Å². The topological polar surface area (TPSA) is 52.7 Å². The van der Waals surface area contributed by atoms with E-state index in [-0.39, 0.29) is 24.9 Å². The van der Waals surface area contributed by atoms with Gasteiger partial charge in [-0.05, 0) is 31.0 Å². The zero-order valence-corrected chi connectivity index (χ0v) is 14.6. The Morgan fingerprint density at radius 3 is 2.58 bits per heavy atom. The van der Waals surface area contributed by atoms with Crippen LogP contribution in [-0.4, -0.2) is 61.4 Å². The van der Waals surface area contributed by atoms with Crippen LogP contribution in [0.15, 0.2) is 36.4 Å². The largest absolute Gasteiger partial charge is 0.355 e. The molecule has 2 rings (SSSR count). The Labute approximate surface area is 144 Å². The first-order valence-electron chi connectivity index (χ1n) is 8.57. The van der Waals surface area contributed by atoms with E-state index >= 15 is 0 Å². The Morgan fingerprint density at radius 2 is 1.96 bits per heavy atom. The van der Waals surface area contributed by atoms with Crippen LogP contribution < -0.4 is 5.32 Å². The molecule has 0 radical (unpaired) electrons. The van der Waals surface area contributed by atoms with Crippen molar-refractivity contribution >= 4 is 17.4 Å². The Bertz CT molecular complexity index is 584. The van der Waals surface area contributed by atoms with Crippen LogP contribution in [0.1, 0.15) is 25.3 Å². The molecular weight excluding hydrogens is 302 g/mol. The highest BCUT2D eigenvalue weighted by Gasteiger charge is 2.19. The third-order valence-electron chi connectivity index (χ3n) is 4.10. The van der Waals surface area contributed by atoms with Crippen LogP contribution in [0.25, 0.3) is 5.57 Å². The van der Waals surface area contributed by atoms with Crippen molar-refractivity contribution in [1.82, 2.24) is 15.1 Å². The van der Waals surface area contributed by atoms with Crippen LogP contribution in [0.2, 0.25) is 0 Å². The lowest BCUT2D eigenvalue weighted by Crippen LogP contribution is -2.44. The van der Waals surface area contributed by atoms with Gasteiger partial charge in [-0.1, -0.05) is 43.3 Å². The van der Waals surface area contributed by atoms with Gasteiger partial charge in [-0.15, -0.1) is 0 Å². The molecular formula is C19H27N3O2. The van der Waals surface area contributed by atoms with Crippen molar-refractivity contribution in [3.8, 4) is 0 Å². The van der Waals surface area contributed by atoms with E-state index in [2.05, 4.69) is 23.5 Å². The Kier molecular flexibility index (Phi) is 7.00. The molecule has 0 spiro atoms. The minimum atomic E-state index is -0.0305. The summed E-state index contributed by atoms with van der Waals surface area (Å²) >= 11 is 0. The number of nitrogens with one attached hydrogen (secondary N) is 1. The maximum Gasteiger partial charge on any atom is 0.237 e. The van der Waals surface area contributed by atoms with E-state index in [4.69, 9.17) is 0 Å². The van der Waals surface area contributed by atoms with Gasteiger partial charge in [-0.3, -0.25) is 14.5 Å². The van der Waals surface area contributed by atoms with Gasteiger partial charge in [0.1, 0.15) is 0 Å². The number of rotatable bonds is 7. The molecule has 130 valence electrons. The number of hydrogen-bond donors (Lipinski definition) is 1. The predicted octanol–water partition coefficient (Wildman–Crippen LogP) is 1.76. The molecule has 0 aromatic heterocycles. The van der Waals surface area contributed by atoms with E-state index in [9.17, 15) is 9.59 Å². The first-order chi connectivity index (χ1) is 11.6. The highest BCUT2D eigenvalue weighted by molar-refractivity contribution is 5.82. The third kappa shape index (κ3) is 5.49. The lowest BCUT2D eigenvalue weighted by Gasteiger charge is -2.28. The molecule has 0 saturated carbocycles. The second-order valence-electron chi connectivity index (χ2n) is 6.21. The molecule has 0 saturated heterocycles. The van der Waals surface area contributed by atoms with Gasteiger partial charge in [-0.25, -0.2) is 0 Å². The van der Waals surface area contributed by atoms with Gasteiger partial charge in [0.05, 0.1) is 13.1 Å². The highest BCUT2D eigenvalue weighted by atomic mass is 16.2. The fraction of sp³-hybridized carbons (Fsp3) is 0.474. The zero-order valence-electron chi connectivity index (χ0n) is 14.6. The summed E-state index contributed by atoms with van der Waals surface area (Å²) in [4.78, 5) is 27.7. The second-order valence-corrected chi connectivity index (χ2v) is 6.21. The van der Waals surface area contributed by atoms with Crippen molar-refractivity contribution in [1.29, 1.82) is 0 Å². The van der Waals surface area contributed by atoms with Gasteiger partial charge >= 0.3 is 0 Å². The molecule has 1 heterocycles. The maximum absolute atomic E-state index is 12.4. The first-order valence-corrected chi connectivity index (χ1v) is 8.57.